The van der Waals surface area contributed by atoms with Gasteiger partial charge in [-0.25, -0.2) is 0 Å². The minimum Gasteiger partial charge on any atom is -0.372 e. The van der Waals surface area contributed by atoms with Crippen LogP contribution in [0.3, 0.4) is 0 Å². The Morgan fingerprint density at radius 3 is 2.95 bits per heavy atom. The van der Waals surface area contributed by atoms with Gasteiger partial charge in [-0.1, -0.05) is 30.3 Å². The molecule has 0 bridgehead atoms. The molecule has 1 atom stereocenters. The van der Waals surface area contributed by atoms with E-state index in [1.807, 2.05) is 17.5 Å². The van der Waals surface area contributed by atoms with Gasteiger partial charge in [-0.2, -0.15) is 0 Å². The van der Waals surface area contributed by atoms with E-state index in [0.29, 0.717) is 24.8 Å². The second-order valence-corrected chi connectivity index (χ2v) is 6.33. The summed E-state index contributed by atoms with van der Waals surface area (Å²) in [6.45, 7) is 2.68. The van der Waals surface area contributed by atoms with Gasteiger partial charge in [-0.05, 0) is 35.5 Å². The number of benzene rings is 1. The van der Waals surface area contributed by atoms with Gasteiger partial charge in [0.15, 0.2) is 0 Å². The Morgan fingerprint density at radius 1 is 1.29 bits per heavy atom. The van der Waals surface area contributed by atoms with Crippen molar-refractivity contribution >= 4 is 17.0 Å². The fourth-order valence-electron chi connectivity index (χ4n) is 2.56. The number of ether oxygens (including phenoxy) is 1. The maximum absolute atomic E-state index is 8.16. The van der Waals surface area contributed by atoms with Crippen LogP contribution >= 0.6 is 11.3 Å². The van der Waals surface area contributed by atoms with Crippen molar-refractivity contribution in [1.29, 1.82) is 5.41 Å². The van der Waals surface area contributed by atoms with E-state index in [4.69, 9.17) is 10.1 Å². The molecule has 1 fully saturated rings. The first-order valence-corrected chi connectivity index (χ1v) is 8.20. The standard InChI is InChI=1S/C17H20N2OS/c18-16(17-5-2-8-21-17)10-13-3-1-4-14(9-13)12-20-15-6-7-19-11-15/h1-5,8-9,15,18-19H,6-7,10-12H2. The molecule has 1 aromatic heterocycles. The highest BCUT2D eigenvalue weighted by molar-refractivity contribution is 7.12. The molecule has 0 saturated carbocycles. The maximum atomic E-state index is 8.16. The summed E-state index contributed by atoms with van der Waals surface area (Å²) in [5, 5.41) is 13.5. The summed E-state index contributed by atoms with van der Waals surface area (Å²) in [6.07, 6.45) is 2.13. The van der Waals surface area contributed by atoms with Crippen LogP contribution in [-0.4, -0.2) is 24.9 Å². The van der Waals surface area contributed by atoms with Gasteiger partial charge in [0.25, 0.3) is 0 Å². The molecule has 3 nitrogen and oxygen atoms in total. The predicted octanol–water partition coefficient (Wildman–Crippen LogP) is 3.24. The van der Waals surface area contributed by atoms with Crippen molar-refractivity contribution in [2.24, 2.45) is 0 Å². The monoisotopic (exact) mass is 300 g/mol. The van der Waals surface area contributed by atoms with E-state index < -0.39 is 0 Å². The molecule has 4 heteroatoms. The Hall–Kier alpha value is -1.49. The average Bonchev–Trinajstić information content (AvgIpc) is 3.19. The summed E-state index contributed by atoms with van der Waals surface area (Å²) < 4.78 is 5.91. The zero-order chi connectivity index (χ0) is 14.5. The van der Waals surface area contributed by atoms with Crippen LogP contribution < -0.4 is 5.32 Å². The molecule has 2 aromatic rings. The van der Waals surface area contributed by atoms with E-state index in [1.165, 1.54) is 11.1 Å². The van der Waals surface area contributed by atoms with Crippen LogP contribution in [0.15, 0.2) is 41.8 Å². The third-order valence-corrected chi connectivity index (χ3v) is 4.62. The molecule has 0 amide bonds. The lowest BCUT2D eigenvalue weighted by Gasteiger charge is -2.11. The number of thiophene rings is 1. The van der Waals surface area contributed by atoms with E-state index >= 15 is 0 Å². The van der Waals surface area contributed by atoms with Crippen molar-refractivity contribution in [3.8, 4) is 0 Å². The van der Waals surface area contributed by atoms with E-state index in [1.54, 1.807) is 11.3 Å². The molecule has 0 spiro atoms. The molecule has 0 aliphatic carbocycles. The first kappa shape index (κ1) is 14.4. The lowest BCUT2D eigenvalue weighted by atomic mass is 10.0. The van der Waals surface area contributed by atoms with Gasteiger partial charge in [0.2, 0.25) is 0 Å². The second kappa shape index (κ2) is 6.98. The van der Waals surface area contributed by atoms with E-state index in [-0.39, 0.29) is 0 Å². The molecule has 0 radical (unpaired) electrons. The van der Waals surface area contributed by atoms with Crippen LogP contribution in [0, 0.1) is 5.41 Å². The minimum absolute atomic E-state index is 0.345. The van der Waals surface area contributed by atoms with Crippen molar-refractivity contribution in [2.45, 2.75) is 25.6 Å². The van der Waals surface area contributed by atoms with Gasteiger partial charge in [-0.3, -0.25) is 0 Å². The van der Waals surface area contributed by atoms with Gasteiger partial charge in [0.1, 0.15) is 0 Å². The Balaban J connectivity index is 1.58. The first-order valence-electron chi connectivity index (χ1n) is 7.33. The number of hydrogen-bond acceptors (Lipinski definition) is 4. The molecule has 1 aliphatic rings. The predicted molar refractivity (Wildman–Crippen MR) is 87.4 cm³/mol. The Labute approximate surface area is 129 Å². The Bertz CT molecular complexity index is 589. The van der Waals surface area contributed by atoms with Crippen LogP contribution in [0.5, 0.6) is 0 Å². The Kier molecular flexibility index (Phi) is 4.80. The van der Waals surface area contributed by atoms with Crippen molar-refractivity contribution < 1.29 is 4.74 Å². The third-order valence-electron chi connectivity index (χ3n) is 3.69. The lowest BCUT2D eigenvalue weighted by molar-refractivity contribution is 0.0542. The Morgan fingerprint density at radius 2 is 2.19 bits per heavy atom. The topological polar surface area (TPSA) is 45.1 Å². The zero-order valence-electron chi connectivity index (χ0n) is 12.0. The summed E-state index contributed by atoms with van der Waals surface area (Å²) in [7, 11) is 0. The fourth-order valence-corrected chi connectivity index (χ4v) is 3.23. The van der Waals surface area contributed by atoms with Gasteiger partial charge >= 0.3 is 0 Å². The molecule has 2 heterocycles. The van der Waals surface area contributed by atoms with E-state index in [9.17, 15) is 0 Å². The van der Waals surface area contributed by atoms with Crippen LogP contribution in [-0.2, 0) is 17.8 Å². The number of hydrogen-bond donors (Lipinski definition) is 2. The second-order valence-electron chi connectivity index (χ2n) is 5.38. The molecule has 1 unspecified atom stereocenters. The van der Waals surface area contributed by atoms with Gasteiger partial charge in [-0.15, -0.1) is 11.3 Å². The van der Waals surface area contributed by atoms with Crippen molar-refractivity contribution in [3.63, 3.8) is 0 Å². The third kappa shape index (κ3) is 4.00. The van der Waals surface area contributed by atoms with Crippen LogP contribution in [0.4, 0.5) is 0 Å². The summed E-state index contributed by atoms with van der Waals surface area (Å²) in [6, 6.07) is 12.4. The largest absolute Gasteiger partial charge is 0.372 e. The molecule has 110 valence electrons. The summed E-state index contributed by atoms with van der Waals surface area (Å²) in [5.41, 5.74) is 3.06. The molecule has 1 aliphatic heterocycles. The average molecular weight is 300 g/mol. The first-order chi connectivity index (χ1) is 10.3. The van der Waals surface area contributed by atoms with Gasteiger partial charge in [0, 0.05) is 17.8 Å². The fraction of sp³-hybridized carbons (Fsp3) is 0.353. The summed E-state index contributed by atoms with van der Waals surface area (Å²) in [5.74, 6) is 0. The maximum Gasteiger partial charge on any atom is 0.0721 e. The summed E-state index contributed by atoms with van der Waals surface area (Å²) >= 11 is 1.63. The van der Waals surface area contributed by atoms with Gasteiger partial charge < -0.3 is 15.5 Å². The van der Waals surface area contributed by atoms with Gasteiger partial charge in [0.05, 0.1) is 18.4 Å². The molecule has 1 saturated heterocycles. The van der Waals surface area contributed by atoms with Crippen LogP contribution in [0.25, 0.3) is 0 Å². The lowest BCUT2D eigenvalue weighted by Crippen LogP contribution is -2.16. The highest BCUT2D eigenvalue weighted by Gasteiger charge is 2.14. The van der Waals surface area contributed by atoms with E-state index in [2.05, 4.69) is 29.6 Å². The van der Waals surface area contributed by atoms with E-state index in [0.717, 1.165) is 24.4 Å². The number of nitrogens with one attached hydrogen (secondary N) is 2. The summed E-state index contributed by atoms with van der Waals surface area (Å²) in [4.78, 5) is 1.05. The highest BCUT2D eigenvalue weighted by atomic mass is 32.1. The minimum atomic E-state index is 0.345. The molecule has 3 rings (SSSR count). The molecular weight excluding hydrogens is 280 g/mol. The molecule has 21 heavy (non-hydrogen) atoms. The van der Waals surface area contributed by atoms with Crippen LogP contribution in [0.2, 0.25) is 0 Å². The SMILES string of the molecule is N=C(Cc1cccc(COC2CCNC2)c1)c1cccs1. The quantitative estimate of drug-likeness (QED) is 0.805. The zero-order valence-corrected chi connectivity index (χ0v) is 12.8. The number of rotatable bonds is 6. The van der Waals surface area contributed by atoms with Crippen molar-refractivity contribution in [1.82, 2.24) is 5.32 Å². The van der Waals surface area contributed by atoms with Crippen molar-refractivity contribution in [2.75, 3.05) is 13.1 Å². The molecular formula is C17H20N2OS. The highest BCUT2D eigenvalue weighted by Crippen LogP contribution is 2.15. The van der Waals surface area contributed by atoms with Crippen molar-refractivity contribution in [3.05, 3.63) is 57.8 Å². The molecule has 2 N–H and O–H groups in total. The molecule has 1 aromatic carbocycles. The van der Waals surface area contributed by atoms with Crippen LogP contribution in [0.1, 0.15) is 22.4 Å². The normalized spacial score (nSPS) is 18.0. The smallest absolute Gasteiger partial charge is 0.0721 e.